The second kappa shape index (κ2) is 5.02. The van der Waals surface area contributed by atoms with E-state index >= 15 is 0 Å². The highest BCUT2D eigenvalue weighted by Gasteiger charge is 2.03. The van der Waals surface area contributed by atoms with Crippen molar-refractivity contribution in [3.05, 3.63) is 50.1 Å². The summed E-state index contributed by atoms with van der Waals surface area (Å²) in [4.78, 5) is 1.22. The van der Waals surface area contributed by atoms with Gasteiger partial charge in [0.2, 0.25) is 0 Å². The molecule has 16 heavy (non-hydrogen) atoms. The van der Waals surface area contributed by atoms with Crippen LogP contribution < -0.4 is 4.74 Å². The van der Waals surface area contributed by atoms with Gasteiger partial charge in [-0.25, -0.2) is 0 Å². The molecule has 0 atom stereocenters. The Balaban J connectivity index is 2.07. The van der Waals surface area contributed by atoms with E-state index in [1.165, 1.54) is 16.0 Å². The van der Waals surface area contributed by atoms with Crippen molar-refractivity contribution < 1.29 is 4.74 Å². The Labute approximate surface area is 108 Å². The number of ether oxygens (including phenoxy) is 1. The molecule has 0 saturated carbocycles. The number of benzene rings is 1. The van der Waals surface area contributed by atoms with Crippen molar-refractivity contribution in [2.24, 2.45) is 0 Å². The molecule has 0 fully saturated rings. The summed E-state index contributed by atoms with van der Waals surface area (Å²) >= 11 is 5.20. The number of thiophene rings is 1. The van der Waals surface area contributed by atoms with E-state index in [4.69, 9.17) is 4.74 Å². The van der Waals surface area contributed by atoms with Crippen LogP contribution in [0, 0.1) is 13.8 Å². The van der Waals surface area contributed by atoms with E-state index in [9.17, 15) is 0 Å². The first-order chi connectivity index (χ1) is 7.65. The smallest absolute Gasteiger partial charge is 0.124 e. The monoisotopic (exact) mass is 296 g/mol. The molecule has 0 unspecified atom stereocenters. The van der Waals surface area contributed by atoms with Gasteiger partial charge in [-0.2, -0.15) is 0 Å². The Morgan fingerprint density at radius 3 is 2.44 bits per heavy atom. The summed E-state index contributed by atoms with van der Waals surface area (Å²) in [7, 11) is 0. The lowest BCUT2D eigenvalue weighted by Crippen LogP contribution is -1.94. The zero-order valence-corrected chi connectivity index (χ0v) is 11.7. The van der Waals surface area contributed by atoms with Gasteiger partial charge in [0.1, 0.15) is 12.4 Å². The Morgan fingerprint density at radius 2 is 1.88 bits per heavy atom. The molecule has 0 saturated heterocycles. The van der Waals surface area contributed by atoms with Crippen LogP contribution in [0.15, 0.2) is 34.1 Å². The number of rotatable bonds is 3. The number of aryl methyl sites for hydroxylation is 2. The fraction of sp³-hybridized carbons (Fsp3) is 0.231. The zero-order chi connectivity index (χ0) is 11.5. The van der Waals surface area contributed by atoms with Gasteiger partial charge in [0.25, 0.3) is 0 Å². The highest BCUT2D eigenvalue weighted by atomic mass is 79.9. The van der Waals surface area contributed by atoms with E-state index in [1.807, 2.05) is 6.07 Å². The summed E-state index contributed by atoms with van der Waals surface area (Å²) in [5, 5.41) is 2.06. The molecular weight excluding hydrogens is 284 g/mol. The van der Waals surface area contributed by atoms with Crippen LogP contribution in [0.2, 0.25) is 0 Å². The van der Waals surface area contributed by atoms with E-state index in [0.29, 0.717) is 6.61 Å². The van der Waals surface area contributed by atoms with Crippen molar-refractivity contribution in [2.75, 3.05) is 0 Å². The molecule has 1 heterocycles. The van der Waals surface area contributed by atoms with E-state index in [2.05, 4.69) is 53.4 Å². The molecule has 0 spiro atoms. The van der Waals surface area contributed by atoms with E-state index < -0.39 is 0 Å². The Bertz CT molecular complexity index is 470. The van der Waals surface area contributed by atoms with Crippen molar-refractivity contribution in [1.82, 2.24) is 0 Å². The molecule has 0 bridgehead atoms. The van der Waals surface area contributed by atoms with Crippen LogP contribution in [-0.2, 0) is 6.61 Å². The molecule has 2 rings (SSSR count). The highest BCUT2D eigenvalue weighted by Crippen LogP contribution is 2.25. The first-order valence-corrected chi connectivity index (χ1v) is 6.75. The van der Waals surface area contributed by atoms with Gasteiger partial charge in [-0.3, -0.25) is 0 Å². The van der Waals surface area contributed by atoms with E-state index in [-0.39, 0.29) is 0 Å². The minimum Gasteiger partial charge on any atom is -0.488 e. The molecule has 0 N–H and O–H groups in total. The molecule has 0 aliphatic carbocycles. The highest BCUT2D eigenvalue weighted by molar-refractivity contribution is 9.10. The topological polar surface area (TPSA) is 9.23 Å². The average molecular weight is 297 g/mol. The third kappa shape index (κ3) is 2.86. The summed E-state index contributed by atoms with van der Waals surface area (Å²) < 4.78 is 6.90. The maximum absolute atomic E-state index is 5.77. The fourth-order valence-corrected chi connectivity index (χ4v) is 2.97. The molecule has 0 radical (unpaired) electrons. The molecule has 3 heteroatoms. The summed E-state index contributed by atoms with van der Waals surface area (Å²) in [5.74, 6) is 0.942. The maximum Gasteiger partial charge on any atom is 0.124 e. The van der Waals surface area contributed by atoms with Crippen molar-refractivity contribution in [3.8, 4) is 5.75 Å². The quantitative estimate of drug-likeness (QED) is 0.797. The SMILES string of the molecule is Cc1cc(C)cc(OCc2sccc2Br)c1. The lowest BCUT2D eigenvalue weighted by molar-refractivity contribution is 0.309. The number of hydrogen-bond acceptors (Lipinski definition) is 2. The molecule has 0 amide bonds. The number of halogens is 1. The van der Waals surface area contributed by atoms with Crippen molar-refractivity contribution in [2.45, 2.75) is 20.5 Å². The van der Waals surface area contributed by atoms with Crippen LogP contribution in [0.3, 0.4) is 0 Å². The largest absolute Gasteiger partial charge is 0.488 e. The summed E-state index contributed by atoms with van der Waals surface area (Å²) in [5.41, 5.74) is 2.47. The normalized spacial score (nSPS) is 10.4. The standard InChI is InChI=1S/C13H13BrOS/c1-9-5-10(2)7-11(6-9)15-8-13-12(14)3-4-16-13/h3-7H,8H2,1-2H3. The maximum atomic E-state index is 5.77. The minimum absolute atomic E-state index is 0.626. The van der Waals surface area contributed by atoms with Crippen LogP contribution in [0.4, 0.5) is 0 Å². The van der Waals surface area contributed by atoms with Crippen LogP contribution >= 0.6 is 27.3 Å². The fourth-order valence-electron chi connectivity index (χ4n) is 1.59. The van der Waals surface area contributed by atoms with Gasteiger partial charge >= 0.3 is 0 Å². The molecule has 0 aliphatic heterocycles. The first-order valence-electron chi connectivity index (χ1n) is 5.08. The molecule has 1 nitrogen and oxygen atoms in total. The summed E-state index contributed by atoms with van der Waals surface area (Å²) in [6, 6.07) is 8.32. The Hall–Kier alpha value is -0.800. The van der Waals surface area contributed by atoms with Gasteiger partial charge < -0.3 is 4.74 Å². The lowest BCUT2D eigenvalue weighted by atomic mass is 10.1. The predicted molar refractivity (Wildman–Crippen MR) is 72.3 cm³/mol. The van der Waals surface area contributed by atoms with E-state index in [0.717, 1.165) is 10.2 Å². The molecular formula is C13H13BrOS. The number of hydrogen-bond donors (Lipinski definition) is 0. The third-order valence-corrected chi connectivity index (χ3v) is 4.16. The minimum atomic E-state index is 0.626. The van der Waals surface area contributed by atoms with Crippen molar-refractivity contribution >= 4 is 27.3 Å². The van der Waals surface area contributed by atoms with Crippen LogP contribution in [0.1, 0.15) is 16.0 Å². The second-order valence-electron chi connectivity index (χ2n) is 3.80. The zero-order valence-electron chi connectivity index (χ0n) is 9.29. The summed E-state index contributed by atoms with van der Waals surface area (Å²) in [6.45, 7) is 4.79. The van der Waals surface area contributed by atoms with Crippen LogP contribution in [0.5, 0.6) is 5.75 Å². The summed E-state index contributed by atoms with van der Waals surface area (Å²) in [6.07, 6.45) is 0. The molecule has 2 aromatic rings. The lowest BCUT2D eigenvalue weighted by Gasteiger charge is -2.07. The van der Waals surface area contributed by atoms with Gasteiger partial charge in [0, 0.05) is 4.47 Å². The van der Waals surface area contributed by atoms with Gasteiger partial charge in [-0.1, -0.05) is 6.07 Å². The van der Waals surface area contributed by atoms with Gasteiger partial charge in [0.15, 0.2) is 0 Å². The molecule has 0 aliphatic rings. The predicted octanol–water partition coefficient (Wildman–Crippen LogP) is 4.71. The van der Waals surface area contributed by atoms with Crippen LogP contribution in [0.25, 0.3) is 0 Å². The Morgan fingerprint density at radius 1 is 1.19 bits per heavy atom. The second-order valence-corrected chi connectivity index (χ2v) is 5.66. The molecule has 1 aromatic heterocycles. The van der Waals surface area contributed by atoms with Crippen molar-refractivity contribution in [1.29, 1.82) is 0 Å². The van der Waals surface area contributed by atoms with Gasteiger partial charge in [0.05, 0.1) is 4.88 Å². The Kier molecular flexibility index (Phi) is 3.66. The van der Waals surface area contributed by atoms with Crippen molar-refractivity contribution in [3.63, 3.8) is 0 Å². The van der Waals surface area contributed by atoms with Gasteiger partial charge in [-0.15, -0.1) is 11.3 Å². The molecule has 1 aromatic carbocycles. The van der Waals surface area contributed by atoms with Crippen LogP contribution in [-0.4, -0.2) is 0 Å². The van der Waals surface area contributed by atoms with E-state index in [1.54, 1.807) is 11.3 Å². The van der Waals surface area contributed by atoms with Gasteiger partial charge in [-0.05, 0) is 64.5 Å². The average Bonchev–Trinajstić information content (AvgIpc) is 2.59. The molecule has 84 valence electrons. The first kappa shape index (κ1) is 11.7. The third-order valence-electron chi connectivity index (χ3n) is 2.26.